The molecule has 37 heavy (non-hydrogen) atoms. The molecule has 0 aliphatic carbocycles. The molecule has 2 N–H and O–H groups in total. The molecule has 0 atom stereocenters. The topological polar surface area (TPSA) is 120 Å². The molecule has 0 radical (unpaired) electrons. The lowest BCUT2D eigenvalue weighted by molar-refractivity contribution is -0.0530. The lowest BCUT2D eigenvalue weighted by Gasteiger charge is -2.14. The Kier molecular flexibility index (Phi) is 10.0. The molecule has 0 bridgehead atoms. The van der Waals surface area contributed by atoms with Crippen LogP contribution in [0.1, 0.15) is 33.7 Å². The predicted octanol–water partition coefficient (Wildman–Crippen LogP) is 5.22. The van der Waals surface area contributed by atoms with Crippen molar-refractivity contribution in [1.29, 1.82) is 0 Å². The van der Waals surface area contributed by atoms with Crippen LogP contribution >= 0.6 is 34.8 Å². The third-order valence-electron chi connectivity index (χ3n) is 4.58. The van der Waals surface area contributed by atoms with Crippen molar-refractivity contribution in [2.75, 3.05) is 19.0 Å². The number of pyridine rings is 1. The molecule has 2 aromatic heterocycles. The van der Waals surface area contributed by atoms with E-state index in [0.29, 0.717) is 12.8 Å². The zero-order valence-electron chi connectivity index (χ0n) is 19.1. The summed E-state index contributed by atoms with van der Waals surface area (Å²) in [6, 6.07) is 6.63. The van der Waals surface area contributed by atoms with Crippen LogP contribution in [0.5, 0.6) is 5.88 Å². The lowest BCUT2D eigenvalue weighted by atomic mass is 10.1. The van der Waals surface area contributed by atoms with E-state index in [1.54, 1.807) is 6.21 Å². The van der Waals surface area contributed by atoms with E-state index in [4.69, 9.17) is 34.8 Å². The average Bonchev–Trinajstić information content (AvgIpc) is 3.25. The van der Waals surface area contributed by atoms with Crippen LogP contribution in [0.2, 0.25) is 15.1 Å². The fraction of sp³-hybridized carbons (Fsp3) is 0.227. The number of hydrogen-bond donors (Lipinski definition) is 2. The van der Waals surface area contributed by atoms with Crippen molar-refractivity contribution in [3.05, 3.63) is 62.9 Å². The number of carbonyl (C=O) groups is 2. The van der Waals surface area contributed by atoms with Gasteiger partial charge in [0.15, 0.2) is 5.82 Å². The number of ether oxygens (including phenoxy) is 1. The van der Waals surface area contributed by atoms with Crippen LogP contribution in [-0.4, -0.2) is 53.1 Å². The van der Waals surface area contributed by atoms with Crippen LogP contribution < -0.4 is 15.4 Å². The van der Waals surface area contributed by atoms with E-state index in [1.807, 2.05) is 0 Å². The second kappa shape index (κ2) is 13.2. The SMILES string of the molecule is CO/N=C/CCCNC(=O)c1cc(Cl)cc(Cl)c1NC(=O)c1cc(OC(F)F)nn1-c1ncccc1Cl. The number of halogens is 5. The number of aromatic nitrogens is 3. The summed E-state index contributed by atoms with van der Waals surface area (Å²) in [6.07, 6.45) is 4.04. The average molecular weight is 576 g/mol. The number of nitrogens with one attached hydrogen (secondary N) is 2. The van der Waals surface area contributed by atoms with Crippen molar-refractivity contribution in [2.24, 2.45) is 5.16 Å². The van der Waals surface area contributed by atoms with Gasteiger partial charge in [0, 0.05) is 30.0 Å². The van der Waals surface area contributed by atoms with Crippen LogP contribution in [0.4, 0.5) is 14.5 Å². The number of rotatable bonds is 11. The molecule has 0 aliphatic heterocycles. The van der Waals surface area contributed by atoms with Crippen LogP contribution in [0.15, 0.2) is 41.7 Å². The van der Waals surface area contributed by atoms with Crippen molar-refractivity contribution < 1.29 is 27.9 Å². The number of alkyl halides is 2. The summed E-state index contributed by atoms with van der Waals surface area (Å²) in [5.74, 6) is -2.01. The summed E-state index contributed by atoms with van der Waals surface area (Å²) in [5.41, 5.74) is -0.362. The molecule has 196 valence electrons. The summed E-state index contributed by atoms with van der Waals surface area (Å²) >= 11 is 18.5. The second-order valence-electron chi connectivity index (χ2n) is 7.10. The van der Waals surface area contributed by atoms with Crippen LogP contribution in [-0.2, 0) is 4.84 Å². The molecule has 2 heterocycles. The molecule has 0 spiro atoms. The lowest BCUT2D eigenvalue weighted by Crippen LogP contribution is -2.27. The molecular weight excluding hydrogens is 557 g/mol. The minimum atomic E-state index is -3.19. The van der Waals surface area contributed by atoms with E-state index in [0.717, 1.165) is 10.7 Å². The molecule has 2 amide bonds. The molecule has 0 aliphatic rings. The first-order valence-corrected chi connectivity index (χ1v) is 11.6. The molecular formula is C22H19Cl3F2N6O4. The molecule has 10 nitrogen and oxygen atoms in total. The van der Waals surface area contributed by atoms with Gasteiger partial charge in [0.2, 0.25) is 5.88 Å². The second-order valence-corrected chi connectivity index (χ2v) is 8.35. The summed E-state index contributed by atoms with van der Waals surface area (Å²) in [7, 11) is 1.42. The molecule has 15 heteroatoms. The standard InChI is InChI=1S/C22H19Cl3F2N6O4/c1-36-30-8-3-2-6-29-20(34)13-9-12(23)10-15(25)18(13)31-21(35)16-11-17(37-22(26)27)32-33(16)19-14(24)5-4-7-28-19/h4-5,7-11,22H,2-3,6H2,1H3,(H,29,34)(H,31,35)/b30-8+. The van der Waals surface area contributed by atoms with Crippen molar-refractivity contribution in [3.8, 4) is 11.7 Å². The maximum Gasteiger partial charge on any atom is 0.388 e. The zero-order chi connectivity index (χ0) is 26.9. The molecule has 0 unspecified atom stereocenters. The minimum absolute atomic E-state index is 0.0179. The fourth-order valence-corrected chi connectivity index (χ4v) is 3.78. The van der Waals surface area contributed by atoms with Gasteiger partial charge >= 0.3 is 6.61 Å². The molecule has 3 rings (SSSR count). The molecule has 0 saturated carbocycles. The van der Waals surface area contributed by atoms with Crippen molar-refractivity contribution in [2.45, 2.75) is 19.5 Å². The van der Waals surface area contributed by atoms with Crippen molar-refractivity contribution in [1.82, 2.24) is 20.1 Å². The zero-order valence-corrected chi connectivity index (χ0v) is 21.3. The maximum atomic E-state index is 13.3. The van der Waals surface area contributed by atoms with Gasteiger partial charge in [-0.25, -0.2) is 9.67 Å². The minimum Gasteiger partial charge on any atom is -0.415 e. The van der Waals surface area contributed by atoms with Crippen molar-refractivity contribution >= 4 is 58.5 Å². The monoisotopic (exact) mass is 574 g/mol. The molecule has 0 fully saturated rings. The van der Waals surface area contributed by atoms with Gasteiger partial charge in [-0.3, -0.25) is 9.59 Å². The smallest absolute Gasteiger partial charge is 0.388 e. The normalized spacial score (nSPS) is 11.1. The molecule has 3 aromatic rings. The first kappa shape index (κ1) is 28.1. The number of unbranched alkanes of at least 4 members (excludes halogenated alkanes) is 1. The van der Waals surface area contributed by atoms with Gasteiger partial charge in [0.1, 0.15) is 12.8 Å². The highest BCUT2D eigenvalue weighted by Gasteiger charge is 2.24. The Bertz CT molecular complexity index is 1310. The van der Waals surface area contributed by atoms with E-state index in [1.165, 1.54) is 37.6 Å². The predicted molar refractivity (Wildman–Crippen MR) is 134 cm³/mol. The van der Waals surface area contributed by atoms with Crippen molar-refractivity contribution in [3.63, 3.8) is 0 Å². The highest BCUT2D eigenvalue weighted by Crippen LogP contribution is 2.31. The van der Waals surface area contributed by atoms with Gasteiger partial charge in [-0.05, 0) is 37.1 Å². The largest absolute Gasteiger partial charge is 0.415 e. The quantitative estimate of drug-likeness (QED) is 0.184. The summed E-state index contributed by atoms with van der Waals surface area (Å²) in [4.78, 5) is 34.7. The van der Waals surface area contributed by atoms with E-state index in [-0.39, 0.29) is 44.4 Å². The highest BCUT2D eigenvalue weighted by molar-refractivity contribution is 6.38. The maximum absolute atomic E-state index is 13.3. The highest BCUT2D eigenvalue weighted by atomic mass is 35.5. The van der Waals surface area contributed by atoms with Gasteiger partial charge in [0.05, 0.1) is 21.3 Å². The van der Waals surface area contributed by atoms with E-state index >= 15 is 0 Å². The number of carbonyl (C=O) groups excluding carboxylic acids is 2. The fourth-order valence-electron chi connectivity index (χ4n) is 3.04. The summed E-state index contributed by atoms with van der Waals surface area (Å²) in [5, 5.41) is 12.9. The Balaban J connectivity index is 1.90. The number of hydrogen-bond acceptors (Lipinski definition) is 7. The Morgan fingerprint density at radius 2 is 1.97 bits per heavy atom. The van der Waals surface area contributed by atoms with Gasteiger partial charge in [-0.1, -0.05) is 40.0 Å². The first-order valence-electron chi connectivity index (χ1n) is 10.5. The third kappa shape index (κ3) is 7.51. The summed E-state index contributed by atoms with van der Waals surface area (Å²) in [6.45, 7) is -2.91. The summed E-state index contributed by atoms with van der Waals surface area (Å²) < 4.78 is 30.9. The van der Waals surface area contributed by atoms with Crippen LogP contribution in [0.3, 0.4) is 0 Å². The number of anilines is 1. The Morgan fingerprint density at radius 3 is 2.68 bits per heavy atom. The van der Waals surface area contributed by atoms with Gasteiger partial charge < -0.3 is 20.2 Å². The number of oxime groups is 1. The third-order valence-corrected chi connectivity index (χ3v) is 5.39. The first-order chi connectivity index (χ1) is 17.7. The number of amides is 2. The number of nitrogens with zero attached hydrogens (tertiary/aromatic N) is 4. The Morgan fingerprint density at radius 1 is 1.19 bits per heavy atom. The van der Waals surface area contributed by atoms with Crippen LogP contribution in [0.25, 0.3) is 5.82 Å². The number of benzene rings is 1. The van der Waals surface area contributed by atoms with Crippen LogP contribution in [0, 0.1) is 0 Å². The van der Waals surface area contributed by atoms with Gasteiger partial charge in [-0.15, -0.1) is 5.10 Å². The Hall–Kier alpha value is -3.48. The van der Waals surface area contributed by atoms with E-state index in [2.05, 4.69) is 35.4 Å². The van der Waals surface area contributed by atoms with E-state index in [9.17, 15) is 18.4 Å². The molecule has 1 aromatic carbocycles. The molecule has 0 saturated heterocycles. The van der Waals surface area contributed by atoms with E-state index < -0.39 is 24.3 Å². The van der Waals surface area contributed by atoms with Gasteiger partial charge in [0.25, 0.3) is 11.8 Å². The Labute approximate surface area is 224 Å². The van der Waals surface area contributed by atoms with Gasteiger partial charge in [-0.2, -0.15) is 8.78 Å².